The zero-order chi connectivity index (χ0) is 28.9. The van der Waals surface area contributed by atoms with Gasteiger partial charge in [-0.15, -0.1) is 0 Å². The molecule has 212 valence electrons. The molecule has 1 aliphatic carbocycles. The van der Waals surface area contributed by atoms with E-state index in [4.69, 9.17) is 28.2 Å². The highest BCUT2D eigenvalue weighted by atomic mass is 35.5. The fraction of sp³-hybridized carbons (Fsp3) is 0.212. The van der Waals surface area contributed by atoms with Gasteiger partial charge in [0.2, 0.25) is 0 Å². The van der Waals surface area contributed by atoms with Crippen molar-refractivity contribution in [3.8, 4) is 0 Å². The van der Waals surface area contributed by atoms with Gasteiger partial charge in [0.25, 0.3) is 5.91 Å². The van der Waals surface area contributed by atoms with Gasteiger partial charge in [-0.2, -0.15) is 0 Å². The number of aryl methyl sites for hydroxylation is 1. The summed E-state index contributed by atoms with van der Waals surface area (Å²) in [5.74, 6) is -0.337. The molecule has 0 spiro atoms. The van der Waals surface area contributed by atoms with Crippen molar-refractivity contribution in [1.82, 2.24) is 30.2 Å². The van der Waals surface area contributed by atoms with Gasteiger partial charge in [0, 0.05) is 37.9 Å². The van der Waals surface area contributed by atoms with Crippen LogP contribution in [0.3, 0.4) is 0 Å². The summed E-state index contributed by atoms with van der Waals surface area (Å²) in [4.78, 5) is 31.8. The first-order chi connectivity index (χ1) is 20.6. The number of H-pyrrole nitrogens is 1. The Balaban J connectivity index is 1.28. The van der Waals surface area contributed by atoms with Gasteiger partial charge < -0.3 is 10.3 Å². The van der Waals surface area contributed by atoms with E-state index in [1.807, 2.05) is 36.7 Å². The van der Waals surface area contributed by atoms with E-state index in [1.54, 1.807) is 6.33 Å². The minimum absolute atomic E-state index is 0.0412. The lowest BCUT2D eigenvalue weighted by Crippen LogP contribution is -2.36. The average molecular weight is 598 g/mol. The molecule has 2 unspecified atom stereocenters. The van der Waals surface area contributed by atoms with E-state index in [1.165, 1.54) is 23.5 Å². The standard InChI is InChI=1S/C33H30Cl2N6O/c34-26-17-36-18-27(35)30(26)33(42)39-16-22-11-13-23(14-12-22)20-41(29-10-4-8-24-9-5-15-38-31(24)29)32(28-19-37-21-40-28)25-6-2-1-3-7-25/h1-3,5-7,9,11-15,17-19,21,29,32H,4,8,10,16,20H2,(H,37,40)(H,39,42). The minimum Gasteiger partial charge on any atom is -0.348 e. The molecule has 0 radical (unpaired) electrons. The van der Waals surface area contributed by atoms with Crippen molar-refractivity contribution in [2.45, 2.75) is 44.4 Å². The number of hydrogen-bond acceptors (Lipinski definition) is 5. The van der Waals surface area contributed by atoms with Crippen LogP contribution in [0.5, 0.6) is 0 Å². The summed E-state index contributed by atoms with van der Waals surface area (Å²) in [5.41, 5.74) is 7.06. The Labute approximate surface area is 255 Å². The van der Waals surface area contributed by atoms with Gasteiger partial charge in [0.05, 0.1) is 45.4 Å². The molecule has 0 aliphatic heterocycles. The monoisotopic (exact) mass is 596 g/mol. The van der Waals surface area contributed by atoms with Crippen LogP contribution < -0.4 is 5.32 Å². The van der Waals surface area contributed by atoms with Gasteiger partial charge >= 0.3 is 0 Å². The zero-order valence-corrected chi connectivity index (χ0v) is 24.4. The number of carbonyl (C=O) groups is 1. The molecular weight excluding hydrogens is 567 g/mol. The molecule has 0 saturated carbocycles. The Morgan fingerprint density at radius 1 is 0.952 bits per heavy atom. The van der Waals surface area contributed by atoms with Crippen molar-refractivity contribution in [2.75, 3.05) is 0 Å². The fourth-order valence-electron chi connectivity index (χ4n) is 5.76. The van der Waals surface area contributed by atoms with Crippen LogP contribution in [0.25, 0.3) is 0 Å². The molecule has 0 fully saturated rings. The van der Waals surface area contributed by atoms with E-state index >= 15 is 0 Å². The Morgan fingerprint density at radius 2 is 1.71 bits per heavy atom. The topological polar surface area (TPSA) is 86.8 Å². The third kappa shape index (κ3) is 6.09. The molecule has 2 aromatic carbocycles. The van der Waals surface area contributed by atoms with Gasteiger partial charge in [-0.25, -0.2) is 4.98 Å². The maximum atomic E-state index is 12.7. The normalized spacial score (nSPS) is 15.3. The third-order valence-corrected chi connectivity index (χ3v) is 8.32. The number of imidazole rings is 1. The van der Waals surface area contributed by atoms with E-state index in [0.717, 1.165) is 41.8 Å². The van der Waals surface area contributed by atoms with E-state index in [0.29, 0.717) is 13.1 Å². The number of amides is 1. The molecule has 2 N–H and O–H groups in total. The highest BCUT2D eigenvalue weighted by Gasteiger charge is 2.34. The number of aromatic nitrogens is 4. The summed E-state index contributed by atoms with van der Waals surface area (Å²) in [5, 5.41) is 3.36. The van der Waals surface area contributed by atoms with Gasteiger partial charge in [0.15, 0.2) is 0 Å². The van der Waals surface area contributed by atoms with Crippen molar-refractivity contribution in [3.05, 3.63) is 147 Å². The summed E-state index contributed by atoms with van der Waals surface area (Å²) in [6, 6.07) is 23.2. The number of aromatic amines is 1. The minimum atomic E-state index is -0.337. The number of halogens is 2. The van der Waals surface area contributed by atoms with Crippen LogP contribution >= 0.6 is 23.2 Å². The summed E-state index contributed by atoms with van der Waals surface area (Å²) in [7, 11) is 0. The van der Waals surface area contributed by atoms with Crippen LogP contribution in [0, 0.1) is 0 Å². The van der Waals surface area contributed by atoms with Crippen molar-refractivity contribution in [2.24, 2.45) is 0 Å². The maximum absolute atomic E-state index is 12.7. The van der Waals surface area contributed by atoms with Crippen LogP contribution in [-0.4, -0.2) is 30.7 Å². The van der Waals surface area contributed by atoms with Gasteiger partial charge in [-0.05, 0) is 47.6 Å². The van der Waals surface area contributed by atoms with Crippen LogP contribution in [0.15, 0.2) is 97.8 Å². The predicted molar refractivity (Wildman–Crippen MR) is 164 cm³/mol. The summed E-state index contributed by atoms with van der Waals surface area (Å²) in [6.07, 6.45) is 11.6. The number of rotatable bonds is 9. The molecule has 0 saturated heterocycles. The lowest BCUT2D eigenvalue weighted by molar-refractivity contribution is 0.0951. The first-order valence-electron chi connectivity index (χ1n) is 14.0. The number of benzene rings is 2. The predicted octanol–water partition coefficient (Wildman–Crippen LogP) is 7.11. The Morgan fingerprint density at radius 3 is 2.45 bits per heavy atom. The lowest BCUT2D eigenvalue weighted by Gasteiger charge is -2.40. The quantitative estimate of drug-likeness (QED) is 0.189. The fourth-order valence-corrected chi connectivity index (χ4v) is 6.30. The lowest BCUT2D eigenvalue weighted by atomic mass is 9.88. The van der Waals surface area contributed by atoms with Crippen molar-refractivity contribution >= 4 is 29.1 Å². The molecular formula is C33H30Cl2N6O. The SMILES string of the molecule is O=C(NCc1ccc(CN(C2CCCc3cccnc32)C(c2ccccc2)c2cnc[nH]2)cc1)c1c(Cl)cncc1Cl. The second-order valence-electron chi connectivity index (χ2n) is 10.4. The molecule has 1 amide bonds. The van der Waals surface area contributed by atoms with Crippen molar-refractivity contribution in [1.29, 1.82) is 0 Å². The zero-order valence-electron chi connectivity index (χ0n) is 22.9. The van der Waals surface area contributed by atoms with Crippen LogP contribution in [-0.2, 0) is 19.5 Å². The van der Waals surface area contributed by atoms with Crippen LogP contribution in [0.2, 0.25) is 10.0 Å². The molecule has 5 aromatic rings. The molecule has 2 atom stereocenters. The molecule has 7 nitrogen and oxygen atoms in total. The van der Waals surface area contributed by atoms with E-state index in [-0.39, 0.29) is 33.6 Å². The van der Waals surface area contributed by atoms with Gasteiger partial charge in [0.1, 0.15) is 0 Å². The number of fused-ring (bicyclic) bond motifs is 1. The van der Waals surface area contributed by atoms with Crippen molar-refractivity contribution < 1.29 is 4.79 Å². The van der Waals surface area contributed by atoms with Crippen LogP contribution in [0.4, 0.5) is 0 Å². The van der Waals surface area contributed by atoms with Gasteiger partial charge in [-0.3, -0.25) is 19.7 Å². The number of nitrogens with zero attached hydrogens (tertiary/aromatic N) is 4. The molecule has 42 heavy (non-hydrogen) atoms. The largest absolute Gasteiger partial charge is 0.348 e. The molecule has 3 aromatic heterocycles. The van der Waals surface area contributed by atoms with Crippen LogP contribution in [0.1, 0.15) is 68.9 Å². The van der Waals surface area contributed by atoms with Gasteiger partial charge in [-0.1, -0.05) is 83.9 Å². The van der Waals surface area contributed by atoms with E-state index in [9.17, 15) is 4.79 Å². The third-order valence-electron chi connectivity index (χ3n) is 7.75. The number of nitrogens with one attached hydrogen (secondary N) is 2. The smallest absolute Gasteiger partial charge is 0.254 e. The number of carbonyl (C=O) groups excluding carboxylic acids is 1. The average Bonchev–Trinajstić information content (AvgIpc) is 3.55. The molecule has 3 heterocycles. The molecule has 9 heteroatoms. The Kier molecular flexibility index (Phi) is 8.60. The molecule has 1 aliphatic rings. The Hall–Kier alpha value is -4.04. The first-order valence-corrected chi connectivity index (χ1v) is 14.7. The second-order valence-corrected chi connectivity index (χ2v) is 11.2. The highest BCUT2D eigenvalue weighted by molar-refractivity contribution is 6.39. The van der Waals surface area contributed by atoms with E-state index in [2.05, 4.69) is 67.6 Å². The number of pyridine rings is 2. The first kappa shape index (κ1) is 28.1. The maximum Gasteiger partial charge on any atom is 0.254 e. The second kappa shape index (κ2) is 12.9. The summed E-state index contributed by atoms with van der Waals surface area (Å²) < 4.78 is 0. The molecule has 6 rings (SSSR count). The highest BCUT2D eigenvalue weighted by Crippen LogP contribution is 2.41. The number of hydrogen-bond donors (Lipinski definition) is 2. The van der Waals surface area contributed by atoms with Crippen molar-refractivity contribution in [3.63, 3.8) is 0 Å². The summed E-state index contributed by atoms with van der Waals surface area (Å²) in [6.45, 7) is 1.05. The Bertz CT molecular complexity index is 1620. The van der Waals surface area contributed by atoms with E-state index < -0.39 is 0 Å². The summed E-state index contributed by atoms with van der Waals surface area (Å²) >= 11 is 12.3. The molecule has 0 bridgehead atoms.